The average molecular weight is 468 g/mol. The Morgan fingerprint density at radius 3 is 2.70 bits per heavy atom. The first-order valence-electron chi connectivity index (χ1n) is 10.1. The van der Waals surface area contributed by atoms with Gasteiger partial charge in [0, 0.05) is 36.7 Å². The van der Waals surface area contributed by atoms with Gasteiger partial charge in [0.05, 0.1) is 6.54 Å². The normalized spacial score (nSPS) is 13.4. The second kappa shape index (κ2) is 8.22. The van der Waals surface area contributed by atoms with Crippen LogP contribution < -0.4 is 16.6 Å². The molecule has 0 atom stereocenters. The van der Waals surface area contributed by atoms with Gasteiger partial charge in [-0.2, -0.15) is 4.98 Å². The van der Waals surface area contributed by atoms with E-state index >= 15 is 0 Å². The van der Waals surface area contributed by atoms with Crippen molar-refractivity contribution in [1.29, 1.82) is 0 Å². The van der Waals surface area contributed by atoms with Crippen molar-refractivity contribution in [1.82, 2.24) is 18.7 Å². The number of sulfone groups is 1. The van der Waals surface area contributed by atoms with E-state index in [0.29, 0.717) is 11.3 Å². The Hall–Kier alpha value is -3.91. The Morgan fingerprint density at radius 1 is 1.33 bits per heavy atom. The maximum absolute atomic E-state index is 12.8. The van der Waals surface area contributed by atoms with Gasteiger partial charge in [-0.05, 0) is 31.0 Å². The van der Waals surface area contributed by atoms with Crippen molar-refractivity contribution in [3.05, 3.63) is 57.2 Å². The van der Waals surface area contributed by atoms with E-state index in [9.17, 15) is 22.8 Å². The summed E-state index contributed by atoms with van der Waals surface area (Å²) in [6.07, 6.45) is 3.83. The summed E-state index contributed by atoms with van der Waals surface area (Å²) in [5.41, 5.74) is -0.352. The molecule has 1 N–H and O–H groups in total. The fourth-order valence-electron chi connectivity index (χ4n) is 3.43. The van der Waals surface area contributed by atoms with Crippen molar-refractivity contribution in [2.24, 2.45) is 13.0 Å². The van der Waals surface area contributed by atoms with Crippen molar-refractivity contribution >= 4 is 38.8 Å². The minimum absolute atomic E-state index is 0.0161. The van der Waals surface area contributed by atoms with Gasteiger partial charge in [-0.25, -0.2) is 17.8 Å². The number of hydrogen-bond acceptors (Lipinski definition) is 6. The van der Waals surface area contributed by atoms with E-state index < -0.39 is 21.1 Å². The molecule has 0 bridgehead atoms. The van der Waals surface area contributed by atoms with E-state index in [2.05, 4.69) is 28.7 Å². The standard InChI is InChI=1S/C22H21N5O5S/c1-4-26-20(29)17-18(24-21(25(17)2)33(3,31)32)27(22(26)30)12-6-8-14-7-5-9-16(13-14)23-19(28)15-10-11-15/h4-5,7,9,13,15H,1,10-12H2,2-3H3,(H,23,28). The van der Waals surface area contributed by atoms with Crippen LogP contribution in [-0.4, -0.2) is 39.3 Å². The number of fused-ring (bicyclic) bond motifs is 1. The third kappa shape index (κ3) is 4.25. The van der Waals surface area contributed by atoms with Crippen LogP contribution in [0.2, 0.25) is 0 Å². The van der Waals surface area contributed by atoms with Crippen LogP contribution in [0, 0.1) is 17.8 Å². The summed E-state index contributed by atoms with van der Waals surface area (Å²) in [6.45, 7) is 3.34. The van der Waals surface area contributed by atoms with E-state index in [1.54, 1.807) is 24.3 Å². The molecule has 1 aliphatic rings. The number of nitrogens with zero attached hydrogens (tertiary/aromatic N) is 4. The predicted molar refractivity (Wildman–Crippen MR) is 123 cm³/mol. The first-order chi connectivity index (χ1) is 15.6. The summed E-state index contributed by atoms with van der Waals surface area (Å²) in [4.78, 5) is 41.6. The number of aromatic nitrogens is 4. The molecule has 1 saturated carbocycles. The van der Waals surface area contributed by atoms with Crippen LogP contribution in [0.25, 0.3) is 17.4 Å². The molecular weight excluding hydrogens is 446 g/mol. The molecule has 3 aromatic rings. The minimum atomic E-state index is -3.75. The Kier molecular flexibility index (Phi) is 5.55. The number of rotatable bonds is 5. The molecule has 1 aliphatic carbocycles. The minimum Gasteiger partial charge on any atom is -0.326 e. The number of imidazole rings is 1. The van der Waals surface area contributed by atoms with Crippen molar-refractivity contribution in [3.63, 3.8) is 0 Å². The van der Waals surface area contributed by atoms with Crippen LogP contribution >= 0.6 is 0 Å². The third-order valence-corrected chi connectivity index (χ3v) is 6.24. The number of anilines is 1. The van der Waals surface area contributed by atoms with Crippen LogP contribution in [0.5, 0.6) is 0 Å². The number of amides is 1. The summed E-state index contributed by atoms with van der Waals surface area (Å²) in [7, 11) is -2.36. The maximum atomic E-state index is 12.8. The van der Waals surface area contributed by atoms with Gasteiger partial charge in [-0.1, -0.05) is 24.5 Å². The van der Waals surface area contributed by atoms with Gasteiger partial charge in [0.2, 0.25) is 20.9 Å². The van der Waals surface area contributed by atoms with Gasteiger partial charge in [-0.3, -0.25) is 14.2 Å². The molecule has 10 nitrogen and oxygen atoms in total. The van der Waals surface area contributed by atoms with Crippen molar-refractivity contribution in [3.8, 4) is 11.8 Å². The molecule has 4 rings (SSSR count). The molecule has 0 saturated heterocycles. The second-order valence-electron chi connectivity index (χ2n) is 7.77. The maximum Gasteiger partial charge on any atom is 0.337 e. The molecule has 0 aliphatic heterocycles. The van der Waals surface area contributed by atoms with Gasteiger partial charge in [0.1, 0.15) is 0 Å². The first-order valence-corrected chi connectivity index (χ1v) is 11.9. The van der Waals surface area contributed by atoms with Gasteiger partial charge < -0.3 is 9.88 Å². The highest BCUT2D eigenvalue weighted by Gasteiger charge is 2.29. The molecule has 0 spiro atoms. The average Bonchev–Trinajstić information content (AvgIpc) is 3.53. The zero-order chi connectivity index (χ0) is 23.9. The van der Waals surface area contributed by atoms with Gasteiger partial charge in [-0.15, -0.1) is 0 Å². The van der Waals surface area contributed by atoms with E-state index in [1.165, 1.54) is 7.05 Å². The number of hydrogen-bond donors (Lipinski definition) is 1. The molecule has 1 aromatic carbocycles. The van der Waals surface area contributed by atoms with Crippen molar-refractivity contribution in [2.45, 2.75) is 24.5 Å². The van der Waals surface area contributed by atoms with E-state index in [-0.39, 0.29) is 34.7 Å². The van der Waals surface area contributed by atoms with Crippen LogP contribution in [0.3, 0.4) is 0 Å². The summed E-state index contributed by atoms with van der Waals surface area (Å²) in [5.74, 6) is 5.83. The lowest BCUT2D eigenvalue weighted by Gasteiger charge is -2.06. The number of aryl methyl sites for hydroxylation is 1. The summed E-state index contributed by atoms with van der Waals surface area (Å²) in [6, 6.07) is 7.00. The van der Waals surface area contributed by atoms with E-state index in [0.717, 1.165) is 39.0 Å². The largest absolute Gasteiger partial charge is 0.337 e. The van der Waals surface area contributed by atoms with Gasteiger partial charge >= 0.3 is 5.69 Å². The Labute approximate surface area is 189 Å². The van der Waals surface area contributed by atoms with Gasteiger partial charge in [0.25, 0.3) is 5.56 Å². The van der Waals surface area contributed by atoms with Crippen molar-refractivity contribution < 1.29 is 13.2 Å². The molecular formula is C22H21N5O5S. The highest BCUT2D eigenvalue weighted by atomic mass is 32.2. The SMILES string of the molecule is C=Cn1c(=O)c2c(nc(S(C)(=O)=O)n2C)n(CC#Cc2cccc(NC(=O)C3CC3)c2)c1=O. The van der Waals surface area contributed by atoms with Crippen LogP contribution in [-0.2, 0) is 28.2 Å². The predicted octanol–water partition coefficient (Wildman–Crippen LogP) is 0.801. The topological polar surface area (TPSA) is 125 Å². The second-order valence-corrected chi connectivity index (χ2v) is 9.68. The monoisotopic (exact) mass is 467 g/mol. The van der Waals surface area contributed by atoms with Crippen LogP contribution in [0.4, 0.5) is 5.69 Å². The van der Waals surface area contributed by atoms with Crippen molar-refractivity contribution in [2.75, 3.05) is 11.6 Å². The lowest BCUT2D eigenvalue weighted by molar-refractivity contribution is -0.117. The Bertz CT molecular complexity index is 1590. The molecule has 170 valence electrons. The number of carbonyl (C=O) groups excluding carboxylic acids is 1. The Balaban J connectivity index is 1.74. The Morgan fingerprint density at radius 2 is 2.06 bits per heavy atom. The molecule has 0 radical (unpaired) electrons. The molecule has 2 aromatic heterocycles. The number of nitrogens with one attached hydrogen (secondary N) is 1. The molecule has 2 heterocycles. The zero-order valence-corrected chi connectivity index (χ0v) is 18.8. The smallest absolute Gasteiger partial charge is 0.326 e. The lowest BCUT2D eigenvalue weighted by Crippen LogP contribution is -2.37. The number of benzene rings is 1. The van der Waals surface area contributed by atoms with Crippen LogP contribution in [0.15, 0.2) is 45.6 Å². The molecule has 1 fully saturated rings. The molecule has 1 amide bonds. The summed E-state index contributed by atoms with van der Waals surface area (Å²) >= 11 is 0. The zero-order valence-electron chi connectivity index (χ0n) is 18.0. The lowest BCUT2D eigenvalue weighted by atomic mass is 10.2. The summed E-state index contributed by atoms with van der Waals surface area (Å²) in [5, 5.41) is 2.51. The number of carbonyl (C=O) groups is 1. The fourth-order valence-corrected chi connectivity index (χ4v) is 4.27. The highest BCUT2D eigenvalue weighted by Crippen LogP contribution is 2.30. The van der Waals surface area contributed by atoms with Crippen LogP contribution in [0.1, 0.15) is 18.4 Å². The fraction of sp³-hybridized carbons (Fsp3) is 0.273. The highest BCUT2D eigenvalue weighted by molar-refractivity contribution is 7.90. The third-order valence-electron chi connectivity index (χ3n) is 5.21. The molecule has 33 heavy (non-hydrogen) atoms. The first kappa shape index (κ1) is 22.3. The quantitative estimate of drug-likeness (QED) is 0.554. The van der Waals surface area contributed by atoms with E-state index in [4.69, 9.17) is 0 Å². The summed E-state index contributed by atoms with van der Waals surface area (Å²) < 4.78 is 27.2. The van der Waals surface area contributed by atoms with E-state index in [1.807, 2.05) is 0 Å². The molecule has 0 unspecified atom stereocenters. The van der Waals surface area contributed by atoms with Gasteiger partial charge in [0.15, 0.2) is 11.2 Å². The molecule has 11 heteroatoms.